The number of likely N-dealkylation sites (N-methyl/N-ethyl adjacent to an activating group) is 1. The molecule has 2 rings (SSSR count). The molecule has 0 aromatic heterocycles. The van der Waals surface area contributed by atoms with E-state index in [1.54, 1.807) is 0 Å². The zero-order valence-electron chi connectivity index (χ0n) is 13.9. The fourth-order valence-corrected chi connectivity index (χ4v) is 4.11. The number of piperazine rings is 1. The molecule has 0 radical (unpaired) electrons. The molecular weight excluding hydrogens is 248 g/mol. The summed E-state index contributed by atoms with van der Waals surface area (Å²) in [5.74, 6) is 0.740. The fourth-order valence-electron chi connectivity index (χ4n) is 4.11. The first-order valence-electron chi connectivity index (χ1n) is 8.62. The predicted octanol–water partition coefficient (Wildman–Crippen LogP) is 2.59. The van der Waals surface area contributed by atoms with Crippen molar-refractivity contribution < 1.29 is 5.11 Å². The van der Waals surface area contributed by atoms with Gasteiger partial charge in [0, 0.05) is 32.2 Å². The van der Waals surface area contributed by atoms with Gasteiger partial charge >= 0.3 is 0 Å². The molecule has 0 spiro atoms. The Kier molecular flexibility index (Phi) is 5.49. The fraction of sp³-hybridized carbons (Fsp3) is 1.00. The Morgan fingerprint density at radius 3 is 2.25 bits per heavy atom. The summed E-state index contributed by atoms with van der Waals surface area (Å²) in [5, 5.41) is 10.1. The van der Waals surface area contributed by atoms with Crippen molar-refractivity contribution in [2.45, 2.75) is 65.5 Å². The van der Waals surface area contributed by atoms with Gasteiger partial charge in [-0.05, 0) is 37.1 Å². The molecule has 1 aliphatic carbocycles. The predicted molar refractivity (Wildman–Crippen MR) is 84.9 cm³/mol. The van der Waals surface area contributed by atoms with Crippen molar-refractivity contribution >= 4 is 0 Å². The lowest BCUT2D eigenvalue weighted by Crippen LogP contribution is -2.56. The SMILES string of the molecule is CCN1CCN(C2CC(O)CCC2C(C)(C)CC)CC1. The van der Waals surface area contributed by atoms with Crippen molar-refractivity contribution in [3.05, 3.63) is 0 Å². The third kappa shape index (κ3) is 3.55. The van der Waals surface area contributed by atoms with Gasteiger partial charge in [0.05, 0.1) is 6.10 Å². The third-order valence-electron chi connectivity index (χ3n) is 6.03. The van der Waals surface area contributed by atoms with Crippen LogP contribution in [-0.2, 0) is 0 Å². The zero-order valence-corrected chi connectivity index (χ0v) is 13.9. The van der Waals surface area contributed by atoms with Crippen LogP contribution >= 0.6 is 0 Å². The number of nitrogens with zero attached hydrogens (tertiary/aromatic N) is 2. The smallest absolute Gasteiger partial charge is 0.0555 e. The summed E-state index contributed by atoms with van der Waals surface area (Å²) in [4.78, 5) is 5.21. The molecule has 118 valence electrons. The molecule has 2 fully saturated rings. The van der Waals surface area contributed by atoms with Gasteiger partial charge < -0.3 is 10.0 Å². The second kappa shape index (κ2) is 6.76. The highest BCUT2D eigenvalue weighted by molar-refractivity contribution is 4.94. The molecule has 0 amide bonds. The van der Waals surface area contributed by atoms with Crippen LogP contribution in [0.3, 0.4) is 0 Å². The van der Waals surface area contributed by atoms with Crippen LogP contribution in [0.15, 0.2) is 0 Å². The van der Waals surface area contributed by atoms with Gasteiger partial charge in [0.25, 0.3) is 0 Å². The molecule has 1 saturated carbocycles. The number of hydrogen-bond donors (Lipinski definition) is 1. The van der Waals surface area contributed by atoms with Gasteiger partial charge in [-0.1, -0.05) is 34.1 Å². The lowest BCUT2D eigenvalue weighted by Gasteiger charge is -2.50. The summed E-state index contributed by atoms with van der Waals surface area (Å²) in [7, 11) is 0. The first kappa shape index (κ1) is 16.3. The Hall–Kier alpha value is -0.120. The van der Waals surface area contributed by atoms with E-state index < -0.39 is 0 Å². The van der Waals surface area contributed by atoms with Crippen molar-refractivity contribution in [3.63, 3.8) is 0 Å². The number of hydrogen-bond acceptors (Lipinski definition) is 3. The monoisotopic (exact) mass is 282 g/mol. The average Bonchev–Trinajstić information content (AvgIpc) is 2.47. The first-order valence-corrected chi connectivity index (χ1v) is 8.62. The minimum atomic E-state index is -0.0758. The van der Waals surface area contributed by atoms with E-state index in [1.165, 1.54) is 45.6 Å². The molecule has 1 aliphatic heterocycles. The third-order valence-corrected chi connectivity index (χ3v) is 6.03. The minimum absolute atomic E-state index is 0.0758. The number of aliphatic hydroxyl groups excluding tert-OH is 1. The van der Waals surface area contributed by atoms with Crippen LogP contribution in [0.25, 0.3) is 0 Å². The van der Waals surface area contributed by atoms with Gasteiger partial charge in [-0.15, -0.1) is 0 Å². The van der Waals surface area contributed by atoms with E-state index in [4.69, 9.17) is 0 Å². The van der Waals surface area contributed by atoms with E-state index in [0.717, 1.165) is 18.8 Å². The molecule has 0 aromatic carbocycles. The highest BCUT2D eigenvalue weighted by Crippen LogP contribution is 2.42. The molecule has 3 atom stereocenters. The van der Waals surface area contributed by atoms with Gasteiger partial charge in [0.1, 0.15) is 0 Å². The molecule has 1 saturated heterocycles. The van der Waals surface area contributed by atoms with E-state index >= 15 is 0 Å². The Morgan fingerprint density at radius 1 is 1.05 bits per heavy atom. The van der Waals surface area contributed by atoms with Crippen molar-refractivity contribution in [2.24, 2.45) is 11.3 Å². The first-order chi connectivity index (χ1) is 9.47. The van der Waals surface area contributed by atoms with Crippen LogP contribution in [0.1, 0.15) is 53.4 Å². The van der Waals surface area contributed by atoms with Gasteiger partial charge in [-0.2, -0.15) is 0 Å². The average molecular weight is 282 g/mol. The van der Waals surface area contributed by atoms with Crippen molar-refractivity contribution in [1.29, 1.82) is 0 Å². The summed E-state index contributed by atoms with van der Waals surface area (Å²) in [6.07, 6.45) is 4.34. The lowest BCUT2D eigenvalue weighted by molar-refractivity contribution is -0.0332. The number of aliphatic hydroxyl groups is 1. The van der Waals surface area contributed by atoms with Crippen LogP contribution in [-0.4, -0.2) is 59.8 Å². The molecule has 0 aromatic rings. The van der Waals surface area contributed by atoms with Crippen LogP contribution in [0, 0.1) is 11.3 Å². The highest BCUT2D eigenvalue weighted by atomic mass is 16.3. The standard InChI is InChI=1S/C17H34N2O/c1-5-17(3,4)15-8-7-14(20)13-16(15)19-11-9-18(6-2)10-12-19/h14-16,20H,5-13H2,1-4H3. The topological polar surface area (TPSA) is 26.7 Å². The largest absolute Gasteiger partial charge is 0.393 e. The molecule has 0 bridgehead atoms. The second-order valence-corrected chi connectivity index (χ2v) is 7.45. The van der Waals surface area contributed by atoms with E-state index in [-0.39, 0.29) is 6.10 Å². The maximum atomic E-state index is 10.1. The molecule has 1 N–H and O–H groups in total. The summed E-state index contributed by atoms with van der Waals surface area (Å²) >= 11 is 0. The van der Waals surface area contributed by atoms with E-state index in [2.05, 4.69) is 37.5 Å². The second-order valence-electron chi connectivity index (χ2n) is 7.45. The minimum Gasteiger partial charge on any atom is -0.393 e. The van der Waals surface area contributed by atoms with E-state index in [1.807, 2.05) is 0 Å². The molecule has 1 heterocycles. The highest BCUT2D eigenvalue weighted by Gasteiger charge is 2.41. The van der Waals surface area contributed by atoms with Crippen LogP contribution < -0.4 is 0 Å². The van der Waals surface area contributed by atoms with Crippen molar-refractivity contribution in [1.82, 2.24) is 9.80 Å². The van der Waals surface area contributed by atoms with Gasteiger partial charge in [-0.3, -0.25) is 4.90 Å². The van der Waals surface area contributed by atoms with Crippen molar-refractivity contribution in [3.8, 4) is 0 Å². The Morgan fingerprint density at radius 2 is 1.70 bits per heavy atom. The number of rotatable bonds is 4. The molecule has 3 heteroatoms. The Bertz CT molecular complexity index is 297. The maximum Gasteiger partial charge on any atom is 0.0555 e. The maximum absolute atomic E-state index is 10.1. The molecule has 2 aliphatic rings. The Labute approximate surface area is 125 Å². The van der Waals surface area contributed by atoms with E-state index in [0.29, 0.717) is 11.5 Å². The molecule has 3 unspecified atom stereocenters. The van der Waals surface area contributed by atoms with Crippen LogP contribution in [0.4, 0.5) is 0 Å². The molecule has 3 nitrogen and oxygen atoms in total. The quantitative estimate of drug-likeness (QED) is 0.858. The van der Waals surface area contributed by atoms with Gasteiger partial charge in [0.2, 0.25) is 0 Å². The van der Waals surface area contributed by atoms with Crippen molar-refractivity contribution in [2.75, 3.05) is 32.7 Å². The van der Waals surface area contributed by atoms with Gasteiger partial charge in [-0.25, -0.2) is 0 Å². The summed E-state index contributed by atoms with van der Waals surface area (Å²) in [6, 6.07) is 0.590. The summed E-state index contributed by atoms with van der Waals surface area (Å²) < 4.78 is 0. The summed E-state index contributed by atoms with van der Waals surface area (Å²) in [5.41, 5.74) is 0.396. The Balaban J connectivity index is 2.05. The van der Waals surface area contributed by atoms with E-state index in [9.17, 15) is 5.11 Å². The van der Waals surface area contributed by atoms with Crippen LogP contribution in [0.5, 0.6) is 0 Å². The molecule has 20 heavy (non-hydrogen) atoms. The van der Waals surface area contributed by atoms with Gasteiger partial charge in [0.15, 0.2) is 0 Å². The molecular formula is C17H34N2O. The summed E-state index contributed by atoms with van der Waals surface area (Å²) in [6.45, 7) is 15.3. The van der Waals surface area contributed by atoms with Crippen LogP contribution in [0.2, 0.25) is 0 Å². The zero-order chi connectivity index (χ0) is 14.8. The lowest BCUT2D eigenvalue weighted by atomic mass is 9.66. The normalized spacial score (nSPS) is 34.4.